The van der Waals surface area contributed by atoms with Crippen LogP contribution in [-0.4, -0.2) is 116 Å². The number of unbranched alkanes of at least 4 members (excludes halogenated alkanes) is 4. The van der Waals surface area contributed by atoms with E-state index in [0.717, 1.165) is 0 Å². The largest absolute Gasteiger partial charge is 0.356 e. The summed E-state index contributed by atoms with van der Waals surface area (Å²) in [5.41, 5.74) is 17.0. The minimum absolute atomic E-state index is 0.0326. The zero-order valence-electron chi connectivity index (χ0n) is 33.0. The van der Waals surface area contributed by atoms with Gasteiger partial charge in [0.15, 0.2) is 0 Å². The van der Waals surface area contributed by atoms with Gasteiger partial charge in [-0.05, 0) is 111 Å². The highest BCUT2D eigenvalue weighted by molar-refractivity contribution is 5.98. The maximum atomic E-state index is 13.9. The summed E-state index contributed by atoms with van der Waals surface area (Å²) in [5, 5.41) is 21.3. The molecular weight excluding hydrogens is 726 g/mol. The van der Waals surface area contributed by atoms with E-state index in [9.17, 15) is 38.4 Å². The van der Waals surface area contributed by atoms with Crippen LogP contribution in [0.25, 0.3) is 0 Å². The fourth-order valence-electron chi connectivity index (χ4n) is 5.71. The van der Waals surface area contributed by atoms with Crippen LogP contribution in [0.1, 0.15) is 104 Å². The molecule has 0 aliphatic carbocycles. The van der Waals surface area contributed by atoms with Gasteiger partial charge in [0.05, 0.1) is 6.54 Å². The van der Waals surface area contributed by atoms with Crippen molar-refractivity contribution in [3.8, 4) is 12.3 Å². The van der Waals surface area contributed by atoms with E-state index in [1.165, 1.54) is 13.8 Å². The summed E-state index contributed by atoms with van der Waals surface area (Å²) in [4.78, 5) is 105. The standard InChI is InChI=1S/C37H65N11O8/c1-4-22-41-30(49)17-18-31(50)42-23-12-8-16-29-37(56)47-27(14-6-10-20-39)35(54)44-24(2)32(51)45-26(13-5-9-19-38)34(53)43-25(3)33(52)46-28(36(55)48-29)15-7-11-21-40/h1,24-29H,5-23,38-40H2,2-3H3,(H,41,49)(H,42,50)(H,43,53)(H,44,54)(H,45,51)(H,46,52)(H,47,56)(H,48,55)/t24-,25-,26+,27+,28+,29-/m1/s1. The zero-order valence-corrected chi connectivity index (χ0v) is 33.0. The second-order valence-corrected chi connectivity index (χ2v) is 13.9. The topological polar surface area (TPSA) is 311 Å². The van der Waals surface area contributed by atoms with E-state index in [-0.39, 0.29) is 63.4 Å². The molecule has 1 saturated heterocycles. The van der Waals surface area contributed by atoms with Crippen molar-refractivity contribution in [1.82, 2.24) is 42.5 Å². The molecule has 0 aromatic carbocycles. The highest BCUT2D eigenvalue weighted by atomic mass is 16.2. The van der Waals surface area contributed by atoms with E-state index in [2.05, 4.69) is 48.5 Å². The number of carbonyl (C=O) groups excluding carboxylic acids is 8. The van der Waals surface area contributed by atoms with Crippen LogP contribution >= 0.6 is 0 Å². The number of nitrogens with two attached hydrogens (primary N) is 3. The molecule has 0 bridgehead atoms. The van der Waals surface area contributed by atoms with Crippen molar-refractivity contribution in [1.29, 1.82) is 0 Å². The van der Waals surface area contributed by atoms with Crippen molar-refractivity contribution >= 4 is 47.3 Å². The van der Waals surface area contributed by atoms with Gasteiger partial charge in [-0.15, -0.1) is 6.42 Å². The average Bonchev–Trinajstić information content (AvgIpc) is 3.16. The first-order valence-corrected chi connectivity index (χ1v) is 19.7. The summed E-state index contributed by atoms with van der Waals surface area (Å²) in [6.45, 7) is 4.24. The van der Waals surface area contributed by atoms with Gasteiger partial charge in [-0.1, -0.05) is 5.92 Å². The van der Waals surface area contributed by atoms with Gasteiger partial charge in [0.25, 0.3) is 0 Å². The third-order valence-corrected chi connectivity index (χ3v) is 9.09. The SMILES string of the molecule is C#CCNC(=O)CCC(=O)NCCCC[C@H]1NC(=O)[C@H](CCCCN)NC(=O)[C@@H](C)NC(=O)[C@H](CCCCN)NC(=O)[C@@H](C)NC(=O)[C@H](CCCCN)NC1=O. The first kappa shape index (κ1) is 49.2. The average molecular weight is 792 g/mol. The summed E-state index contributed by atoms with van der Waals surface area (Å²) < 4.78 is 0. The Kier molecular flexibility index (Phi) is 25.1. The molecule has 1 aliphatic heterocycles. The Morgan fingerprint density at radius 2 is 0.839 bits per heavy atom. The molecule has 14 N–H and O–H groups in total. The monoisotopic (exact) mass is 792 g/mol. The summed E-state index contributed by atoms with van der Waals surface area (Å²) in [6.07, 6.45) is 9.59. The lowest BCUT2D eigenvalue weighted by Gasteiger charge is -2.28. The first-order chi connectivity index (χ1) is 26.8. The quantitative estimate of drug-likeness (QED) is 0.0415. The van der Waals surface area contributed by atoms with Gasteiger partial charge >= 0.3 is 0 Å². The summed E-state index contributed by atoms with van der Waals surface area (Å²) in [7, 11) is 0. The molecule has 56 heavy (non-hydrogen) atoms. The molecule has 1 fully saturated rings. The molecule has 1 rings (SSSR count). The van der Waals surface area contributed by atoms with E-state index in [1.807, 2.05) is 0 Å². The van der Waals surface area contributed by atoms with Crippen LogP contribution in [0.5, 0.6) is 0 Å². The molecule has 316 valence electrons. The second-order valence-electron chi connectivity index (χ2n) is 13.9. The van der Waals surface area contributed by atoms with Crippen molar-refractivity contribution < 1.29 is 38.4 Å². The summed E-state index contributed by atoms with van der Waals surface area (Å²) in [6, 6.07) is -6.65. The first-order valence-electron chi connectivity index (χ1n) is 19.7. The van der Waals surface area contributed by atoms with Gasteiger partial charge < -0.3 is 59.7 Å². The lowest BCUT2D eigenvalue weighted by Crippen LogP contribution is -2.60. The number of nitrogens with one attached hydrogen (secondary N) is 8. The summed E-state index contributed by atoms with van der Waals surface area (Å²) in [5.74, 6) is -2.33. The second kappa shape index (κ2) is 28.6. The van der Waals surface area contributed by atoms with Crippen LogP contribution in [0.4, 0.5) is 0 Å². The van der Waals surface area contributed by atoms with Gasteiger partial charge in [-0.2, -0.15) is 0 Å². The van der Waals surface area contributed by atoms with Crippen molar-refractivity contribution in [2.75, 3.05) is 32.7 Å². The maximum absolute atomic E-state index is 13.9. The van der Waals surface area contributed by atoms with Gasteiger partial charge in [0, 0.05) is 19.4 Å². The van der Waals surface area contributed by atoms with Crippen LogP contribution in [0, 0.1) is 12.3 Å². The Hall–Kier alpha value is -4.80. The smallest absolute Gasteiger partial charge is 0.243 e. The predicted molar refractivity (Wildman–Crippen MR) is 210 cm³/mol. The fraction of sp³-hybridized carbons (Fsp3) is 0.730. The third-order valence-electron chi connectivity index (χ3n) is 9.09. The van der Waals surface area contributed by atoms with Gasteiger partial charge in [-0.3, -0.25) is 38.4 Å². The van der Waals surface area contributed by atoms with Crippen LogP contribution in [0.2, 0.25) is 0 Å². The lowest BCUT2D eigenvalue weighted by molar-refractivity contribution is -0.136. The molecule has 0 aromatic rings. The molecule has 0 aromatic heterocycles. The molecule has 1 heterocycles. The predicted octanol–water partition coefficient (Wildman–Crippen LogP) is -2.85. The zero-order chi connectivity index (χ0) is 41.9. The fourth-order valence-corrected chi connectivity index (χ4v) is 5.71. The Bertz CT molecular complexity index is 1330. The van der Waals surface area contributed by atoms with Crippen molar-refractivity contribution in [2.45, 2.75) is 140 Å². The number of hydrogen-bond acceptors (Lipinski definition) is 11. The molecule has 1 aliphatic rings. The minimum atomic E-state index is -1.16. The van der Waals surface area contributed by atoms with Gasteiger partial charge in [0.1, 0.15) is 36.3 Å². The van der Waals surface area contributed by atoms with Gasteiger partial charge in [-0.25, -0.2) is 0 Å². The molecule has 8 amide bonds. The Morgan fingerprint density at radius 3 is 1.20 bits per heavy atom. The number of hydrogen-bond donors (Lipinski definition) is 11. The van der Waals surface area contributed by atoms with E-state index in [1.54, 1.807) is 0 Å². The molecule has 6 atom stereocenters. The van der Waals surface area contributed by atoms with E-state index in [0.29, 0.717) is 71.0 Å². The number of terminal acetylenes is 1. The molecular formula is C37H65N11O8. The number of amides is 8. The van der Waals surface area contributed by atoms with E-state index >= 15 is 0 Å². The van der Waals surface area contributed by atoms with Crippen molar-refractivity contribution in [2.24, 2.45) is 17.2 Å². The normalized spacial score (nSPS) is 22.8. The summed E-state index contributed by atoms with van der Waals surface area (Å²) >= 11 is 0. The molecule has 19 heteroatoms. The molecule has 19 nitrogen and oxygen atoms in total. The number of rotatable bonds is 21. The number of carbonyl (C=O) groups is 8. The highest BCUT2D eigenvalue weighted by Crippen LogP contribution is 2.10. The Morgan fingerprint density at radius 1 is 0.518 bits per heavy atom. The van der Waals surface area contributed by atoms with Gasteiger partial charge in [0.2, 0.25) is 47.3 Å². The van der Waals surface area contributed by atoms with E-state index in [4.69, 9.17) is 23.6 Å². The van der Waals surface area contributed by atoms with E-state index < -0.39 is 71.7 Å². The third kappa shape index (κ3) is 20.2. The Labute approximate surface area is 330 Å². The van der Waals surface area contributed by atoms with Crippen LogP contribution in [0.3, 0.4) is 0 Å². The highest BCUT2D eigenvalue weighted by Gasteiger charge is 2.33. The van der Waals surface area contributed by atoms with Crippen molar-refractivity contribution in [3.05, 3.63) is 0 Å². The lowest BCUT2D eigenvalue weighted by atomic mass is 10.0. The molecule has 0 saturated carbocycles. The Balaban J connectivity index is 3.35. The van der Waals surface area contributed by atoms with Crippen molar-refractivity contribution in [3.63, 3.8) is 0 Å². The van der Waals surface area contributed by atoms with Crippen LogP contribution in [-0.2, 0) is 38.4 Å². The van der Waals surface area contributed by atoms with Crippen LogP contribution in [0.15, 0.2) is 0 Å². The molecule has 0 radical (unpaired) electrons. The maximum Gasteiger partial charge on any atom is 0.243 e. The molecule has 0 spiro atoms. The minimum Gasteiger partial charge on any atom is -0.356 e. The van der Waals surface area contributed by atoms with Crippen LogP contribution < -0.4 is 59.7 Å². The molecule has 0 unspecified atom stereocenters.